The summed E-state index contributed by atoms with van der Waals surface area (Å²) >= 11 is 1.74. The number of rotatable bonds is 8. The zero-order chi connectivity index (χ0) is 22.6. The molecule has 0 unspecified atom stereocenters. The summed E-state index contributed by atoms with van der Waals surface area (Å²) in [6.07, 6.45) is 7.16. The largest absolute Gasteiger partial charge is 0.491 e. The predicted octanol–water partition coefficient (Wildman–Crippen LogP) is 5.17. The third-order valence-electron chi connectivity index (χ3n) is 6.47. The van der Waals surface area contributed by atoms with Crippen LogP contribution < -0.4 is 4.74 Å². The highest BCUT2D eigenvalue weighted by atomic mass is 32.1. The van der Waals surface area contributed by atoms with E-state index in [4.69, 9.17) is 4.74 Å². The van der Waals surface area contributed by atoms with E-state index in [1.165, 1.54) is 22.1 Å². The predicted molar refractivity (Wildman–Crippen MR) is 131 cm³/mol. The zero-order valence-electron chi connectivity index (χ0n) is 18.4. The summed E-state index contributed by atoms with van der Waals surface area (Å²) < 4.78 is 5.79. The summed E-state index contributed by atoms with van der Waals surface area (Å²) in [7, 11) is 0. The molecule has 5 rings (SSSR count). The second-order valence-electron chi connectivity index (χ2n) is 8.51. The number of aromatic nitrogens is 2. The van der Waals surface area contributed by atoms with E-state index in [0.29, 0.717) is 18.3 Å². The van der Waals surface area contributed by atoms with Crippen molar-refractivity contribution in [2.75, 3.05) is 26.2 Å². The number of hydrogen-bond donors (Lipinski definition) is 2. The van der Waals surface area contributed by atoms with Crippen molar-refractivity contribution in [3.05, 3.63) is 81.8 Å². The summed E-state index contributed by atoms with van der Waals surface area (Å²) in [5, 5.41) is 14.9. The number of benzene rings is 1. The van der Waals surface area contributed by atoms with Crippen LogP contribution in [0.5, 0.6) is 5.75 Å². The maximum absolute atomic E-state index is 11.3. The fourth-order valence-corrected chi connectivity index (χ4v) is 5.42. The molecule has 33 heavy (non-hydrogen) atoms. The number of pyridine rings is 1. The van der Waals surface area contributed by atoms with Crippen molar-refractivity contribution in [3.63, 3.8) is 0 Å². The Morgan fingerprint density at radius 3 is 2.85 bits per heavy atom. The van der Waals surface area contributed by atoms with Crippen LogP contribution in [-0.4, -0.2) is 52.2 Å². The van der Waals surface area contributed by atoms with Crippen LogP contribution in [0.2, 0.25) is 0 Å². The van der Waals surface area contributed by atoms with Gasteiger partial charge in [-0.15, -0.1) is 0 Å². The normalized spacial score (nSPS) is 15.2. The molecule has 4 heterocycles. The fourth-order valence-electron chi connectivity index (χ4n) is 4.76. The average Bonchev–Trinajstić information content (AvgIpc) is 3.50. The number of carboxylic acid groups (broad SMARTS) is 1. The highest BCUT2D eigenvalue weighted by molar-refractivity contribution is 7.07. The molecule has 170 valence electrons. The first-order valence-corrected chi connectivity index (χ1v) is 12.3. The fraction of sp³-hybridized carbons (Fsp3) is 0.308. The van der Waals surface area contributed by atoms with Gasteiger partial charge in [0.05, 0.1) is 0 Å². The lowest BCUT2D eigenvalue weighted by atomic mass is 9.88. The van der Waals surface area contributed by atoms with Gasteiger partial charge in [0, 0.05) is 24.3 Å². The number of nitrogens with one attached hydrogen (secondary N) is 1. The number of aromatic carboxylic acids is 1. The number of carbonyl (C=O) groups is 1. The van der Waals surface area contributed by atoms with E-state index < -0.39 is 5.97 Å². The molecule has 0 saturated carbocycles. The van der Waals surface area contributed by atoms with Crippen LogP contribution in [0.4, 0.5) is 0 Å². The Labute approximate surface area is 196 Å². The number of hydrogen-bond acceptors (Lipinski definition) is 5. The summed E-state index contributed by atoms with van der Waals surface area (Å²) in [5.41, 5.74) is 5.25. The third kappa shape index (κ3) is 4.79. The van der Waals surface area contributed by atoms with E-state index in [9.17, 15) is 9.90 Å². The van der Waals surface area contributed by atoms with Crippen molar-refractivity contribution in [2.45, 2.75) is 25.2 Å². The van der Waals surface area contributed by atoms with Gasteiger partial charge in [0.25, 0.3) is 0 Å². The number of H-pyrrole nitrogens is 1. The Hall–Kier alpha value is -3.16. The average molecular weight is 462 g/mol. The molecular weight excluding hydrogens is 434 g/mol. The van der Waals surface area contributed by atoms with Gasteiger partial charge in [0.1, 0.15) is 23.6 Å². The van der Waals surface area contributed by atoms with E-state index in [2.05, 4.69) is 44.0 Å². The van der Waals surface area contributed by atoms with Crippen LogP contribution >= 0.6 is 11.3 Å². The van der Waals surface area contributed by atoms with Crippen molar-refractivity contribution in [2.24, 2.45) is 0 Å². The first-order chi connectivity index (χ1) is 16.2. The quantitative estimate of drug-likeness (QED) is 0.378. The molecule has 1 saturated heterocycles. The summed E-state index contributed by atoms with van der Waals surface area (Å²) in [4.78, 5) is 21.7. The molecule has 4 aromatic rings. The summed E-state index contributed by atoms with van der Waals surface area (Å²) in [5.74, 6) is -0.0172. The molecule has 1 aliphatic rings. The van der Waals surface area contributed by atoms with Gasteiger partial charge in [-0.1, -0.05) is 12.1 Å². The molecule has 1 fully saturated rings. The smallest absolute Gasteiger partial charge is 0.339 e. The van der Waals surface area contributed by atoms with E-state index in [0.717, 1.165) is 44.5 Å². The molecule has 1 aliphatic heterocycles. The molecule has 6 nitrogen and oxygen atoms in total. The Balaban J connectivity index is 1.21. The van der Waals surface area contributed by atoms with Crippen LogP contribution in [-0.2, 0) is 6.42 Å². The van der Waals surface area contributed by atoms with Gasteiger partial charge in [0.2, 0.25) is 0 Å². The van der Waals surface area contributed by atoms with Gasteiger partial charge < -0.3 is 14.8 Å². The molecular formula is C26H27N3O3S. The molecule has 0 spiro atoms. The number of aromatic amines is 1. The topological polar surface area (TPSA) is 78.5 Å². The monoisotopic (exact) mass is 461 g/mol. The van der Waals surface area contributed by atoms with Crippen molar-refractivity contribution in [3.8, 4) is 5.75 Å². The molecule has 2 N–H and O–H groups in total. The Kier molecular flexibility index (Phi) is 6.41. The van der Waals surface area contributed by atoms with Gasteiger partial charge in [-0.2, -0.15) is 11.3 Å². The number of likely N-dealkylation sites (tertiary alicyclic amines) is 1. The van der Waals surface area contributed by atoms with Crippen LogP contribution in [0.1, 0.15) is 45.8 Å². The molecule has 0 bridgehead atoms. The second kappa shape index (κ2) is 9.77. The van der Waals surface area contributed by atoms with Gasteiger partial charge >= 0.3 is 5.97 Å². The maximum atomic E-state index is 11.3. The minimum atomic E-state index is -0.960. The number of ether oxygens (including phenoxy) is 1. The SMILES string of the molecule is O=C(O)c1ccccc1OCCN1CCC(c2c[nH]c3nccc(Cc4ccsc4)c23)CC1. The van der Waals surface area contributed by atoms with E-state index in [-0.39, 0.29) is 5.56 Å². The lowest BCUT2D eigenvalue weighted by Crippen LogP contribution is -2.35. The molecule has 7 heteroatoms. The second-order valence-corrected chi connectivity index (χ2v) is 9.29. The highest BCUT2D eigenvalue weighted by Crippen LogP contribution is 2.35. The van der Waals surface area contributed by atoms with Gasteiger partial charge in [-0.25, -0.2) is 9.78 Å². The summed E-state index contributed by atoms with van der Waals surface area (Å²) in [6.45, 7) is 3.28. The molecule has 0 aliphatic carbocycles. The lowest BCUT2D eigenvalue weighted by Gasteiger charge is -2.32. The Morgan fingerprint density at radius 1 is 1.21 bits per heavy atom. The first kappa shape index (κ1) is 21.7. The van der Waals surface area contributed by atoms with Crippen molar-refractivity contribution in [1.29, 1.82) is 0 Å². The molecule has 3 aromatic heterocycles. The minimum absolute atomic E-state index is 0.211. The van der Waals surface area contributed by atoms with Crippen LogP contribution in [0.15, 0.2) is 59.6 Å². The molecule has 0 amide bonds. The first-order valence-electron chi connectivity index (χ1n) is 11.3. The van der Waals surface area contributed by atoms with Crippen LogP contribution in [0.3, 0.4) is 0 Å². The van der Waals surface area contributed by atoms with Crippen molar-refractivity contribution >= 4 is 28.3 Å². The van der Waals surface area contributed by atoms with Crippen LogP contribution in [0.25, 0.3) is 11.0 Å². The molecule has 0 radical (unpaired) electrons. The number of piperidine rings is 1. The lowest BCUT2D eigenvalue weighted by molar-refractivity contribution is 0.0691. The van der Waals surface area contributed by atoms with Gasteiger partial charge in [-0.3, -0.25) is 4.90 Å². The van der Waals surface area contributed by atoms with Crippen molar-refractivity contribution < 1.29 is 14.6 Å². The minimum Gasteiger partial charge on any atom is -0.491 e. The van der Waals surface area contributed by atoms with E-state index in [1.807, 2.05) is 6.20 Å². The molecule has 1 aromatic carbocycles. The Morgan fingerprint density at radius 2 is 2.06 bits per heavy atom. The maximum Gasteiger partial charge on any atom is 0.339 e. The van der Waals surface area contributed by atoms with Gasteiger partial charge in [-0.05, 0) is 90.0 Å². The van der Waals surface area contributed by atoms with Crippen molar-refractivity contribution in [1.82, 2.24) is 14.9 Å². The number of carboxylic acids is 1. The third-order valence-corrected chi connectivity index (χ3v) is 7.21. The summed E-state index contributed by atoms with van der Waals surface area (Å²) in [6, 6.07) is 11.2. The standard InChI is InChI=1S/C26H27N3O3S/c30-26(31)21-3-1-2-4-23(21)32-13-12-29-10-6-19(7-11-29)22-16-28-25-24(22)20(5-9-27-25)15-18-8-14-33-17-18/h1-5,8-9,14,16-17,19H,6-7,10-13,15H2,(H,27,28)(H,30,31). The van der Waals surface area contributed by atoms with E-state index >= 15 is 0 Å². The molecule has 0 atom stereocenters. The number of thiophene rings is 1. The van der Waals surface area contributed by atoms with E-state index in [1.54, 1.807) is 35.6 Å². The highest BCUT2D eigenvalue weighted by Gasteiger charge is 2.24. The number of nitrogens with zero attached hydrogens (tertiary/aromatic N) is 2. The number of para-hydroxylation sites is 1. The van der Waals surface area contributed by atoms with Crippen LogP contribution in [0, 0.1) is 0 Å². The number of fused-ring (bicyclic) bond motifs is 1. The van der Waals surface area contributed by atoms with Gasteiger partial charge in [0.15, 0.2) is 0 Å². The Bertz CT molecular complexity index is 1230. The zero-order valence-corrected chi connectivity index (χ0v) is 19.2.